The number of carboxylic acid groups (broad SMARTS) is 1. The van der Waals surface area contributed by atoms with E-state index in [1.807, 2.05) is 13.0 Å². The van der Waals surface area contributed by atoms with Gasteiger partial charge in [-0.2, -0.15) is 0 Å². The molecule has 0 saturated heterocycles. The highest BCUT2D eigenvalue weighted by Crippen LogP contribution is 2.23. The molecule has 0 radical (unpaired) electrons. The molecule has 0 aliphatic rings. The lowest BCUT2D eigenvalue weighted by molar-refractivity contribution is 0.0696. The van der Waals surface area contributed by atoms with Crippen LogP contribution in [0.1, 0.15) is 21.5 Å². The number of carbonyl (C=O) groups is 1. The maximum Gasteiger partial charge on any atom is 0.335 e. The molecular weight excluding hydrogens is 357 g/mol. The molecule has 0 saturated carbocycles. The largest absolute Gasteiger partial charge is 0.488 e. The number of rotatable bonds is 4. The van der Waals surface area contributed by atoms with E-state index < -0.39 is 5.97 Å². The number of carboxylic acids is 1. The van der Waals surface area contributed by atoms with Crippen LogP contribution in [0.15, 0.2) is 36.7 Å². The second-order valence-corrected chi connectivity index (χ2v) is 5.27. The van der Waals surface area contributed by atoms with Gasteiger partial charge in [0.2, 0.25) is 0 Å². The van der Waals surface area contributed by atoms with Crippen molar-refractivity contribution >= 4 is 28.6 Å². The summed E-state index contributed by atoms with van der Waals surface area (Å²) in [5.74, 6) is -0.388. The lowest BCUT2D eigenvalue weighted by Gasteiger charge is -2.09. The molecule has 1 heterocycles. The molecule has 1 aromatic heterocycles. The van der Waals surface area contributed by atoms with Gasteiger partial charge in [-0.1, -0.05) is 0 Å². The van der Waals surface area contributed by atoms with Crippen molar-refractivity contribution in [1.29, 1.82) is 0 Å². The molecule has 1 aromatic carbocycles. The van der Waals surface area contributed by atoms with Crippen LogP contribution in [0.3, 0.4) is 0 Å². The molecule has 0 fully saturated rings. The number of benzene rings is 1. The summed E-state index contributed by atoms with van der Waals surface area (Å²) in [6.45, 7) is 2.33. The summed E-state index contributed by atoms with van der Waals surface area (Å²) in [4.78, 5) is 15.0. The van der Waals surface area contributed by atoms with Crippen LogP contribution in [0.4, 0.5) is 0 Å². The zero-order valence-electron chi connectivity index (χ0n) is 10.3. The van der Waals surface area contributed by atoms with Crippen LogP contribution >= 0.6 is 22.6 Å². The third-order valence-corrected chi connectivity index (χ3v) is 3.40. The van der Waals surface area contributed by atoms with E-state index in [1.165, 1.54) is 6.07 Å². The highest BCUT2D eigenvalue weighted by Gasteiger charge is 2.08. The summed E-state index contributed by atoms with van der Waals surface area (Å²) in [6, 6.07) is 6.81. The third kappa shape index (κ3) is 3.66. The summed E-state index contributed by atoms with van der Waals surface area (Å²) in [5.41, 5.74) is 2.24. The number of halogens is 1. The van der Waals surface area contributed by atoms with Gasteiger partial charge in [0.25, 0.3) is 0 Å². The second-order valence-electron chi connectivity index (χ2n) is 4.11. The number of aromatic nitrogens is 1. The lowest BCUT2D eigenvalue weighted by atomic mass is 10.2. The minimum absolute atomic E-state index is 0.220. The van der Waals surface area contributed by atoms with E-state index >= 15 is 0 Å². The van der Waals surface area contributed by atoms with Gasteiger partial charge >= 0.3 is 5.97 Å². The molecule has 19 heavy (non-hydrogen) atoms. The fourth-order valence-corrected chi connectivity index (χ4v) is 2.10. The fourth-order valence-electron chi connectivity index (χ4n) is 1.60. The van der Waals surface area contributed by atoms with Crippen LogP contribution in [0.5, 0.6) is 5.75 Å². The van der Waals surface area contributed by atoms with Crippen molar-refractivity contribution in [3.63, 3.8) is 0 Å². The Balaban J connectivity index is 2.15. The summed E-state index contributed by atoms with van der Waals surface area (Å²) in [6.07, 6.45) is 3.51. The predicted octanol–water partition coefficient (Wildman–Crippen LogP) is 3.27. The molecule has 98 valence electrons. The number of nitrogens with zero attached hydrogens (tertiary/aromatic N) is 1. The molecule has 0 unspecified atom stereocenters. The number of pyridine rings is 1. The van der Waals surface area contributed by atoms with Crippen molar-refractivity contribution in [3.8, 4) is 5.75 Å². The fraction of sp³-hybridized carbons (Fsp3) is 0.143. The van der Waals surface area contributed by atoms with Crippen LogP contribution in [0, 0.1) is 10.5 Å². The third-order valence-electron chi connectivity index (χ3n) is 2.50. The van der Waals surface area contributed by atoms with E-state index in [9.17, 15) is 4.79 Å². The molecular formula is C14H12INO3. The summed E-state index contributed by atoms with van der Waals surface area (Å²) < 4.78 is 6.54. The van der Waals surface area contributed by atoms with Gasteiger partial charge in [-0.05, 0) is 59.3 Å². The summed E-state index contributed by atoms with van der Waals surface area (Å²) in [7, 11) is 0. The number of aryl methyl sites for hydroxylation is 1. The van der Waals surface area contributed by atoms with Gasteiger partial charge in [0.05, 0.1) is 9.13 Å². The zero-order chi connectivity index (χ0) is 13.8. The highest BCUT2D eigenvalue weighted by atomic mass is 127. The van der Waals surface area contributed by atoms with Gasteiger partial charge in [-0.3, -0.25) is 4.98 Å². The highest BCUT2D eigenvalue weighted by molar-refractivity contribution is 14.1. The standard InChI is InChI=1S/C14H12INO3/c1-9-4-10(7-16-6-9)8-19-13-5-11(14(17)18)2-3-12(13)15/h2-7H,8H2,1H3,(H,17,18). The molecule has 0 atom stereocenters. The molecule has 0 aliphatic carbocycles. The van der Waals surface area contributed by atoms with Gasteiger partial charge in [-0.15, -0.1) is 0 Å². The van der Waals surface area contributed by atoms with Gasteiger partial charge in [0, 0.05) is 18.0 Å². The van der Waals surface area contributed by atoms with Crippen molar-refractivity contribution in [2.75, 3.05) is 0 Å². The van der Waals surface area contributed by atoms with Gasteiger partial charge in [0.15, 0.2) is 0 Å². The van der Waals surface area contributed by atoms with E-state index in [1.54, 1.807) is 24.5 Å². The minimum Gasteiger partial charge on any atom is -0.488 e. The summed E-state index contributed by atoms with van der Waals surface area (Å²) >= 11 is 2.12. The molecule has 1 N–H and O–H groups in total. The van der Waals surface area contributed by atoms with Gasteiger partial charge in [0.1, 0.15) is 12.4 Å². The lowest BCUT2D eigenvalue weighted by Crippen LogP contribution is -2.01. The second kappa shape index (κ2) is 6.01. The quantitative estimate of drug-likeness (QED) is 0.841. The molecule has 4 nitrogen and oxygen atoms in total. The van der Waals surface area contributed by atoms with Crippen molar-refractivity contribution in [2.24, 2.45) is 0 Å². The molecule has 2 rings (SSSR count). The average Bonchev–Trinajstić information content (AvgIpc) is 2.37. The van der Waals surface area contributed by atoms with Gasteiger partial charge < -0.3 is 9.84 Å². The molecule has 2 aromatic rings. The molecule has 5 heteroatoms. The number of hydrogen-bond donors (Lipinski definition) is 1. The van der Waals surface area contributed by atoms with Crippen molar-refractivity contribution < 1.29 is 14.6 Å². The van der Waals surface area contributed by atoms with E-state index in [0.29, 0.717) is 12.4 Å². The summed E-state index contributed by atoms with van der Waals surface area (Å²) in [5, 5.41) is 8.95. The van der Waals surface area contributed by atoms with Crippen LogP contribution in [-0.2, 0) is 6.61 Å². The first kappa shape index (κ1) is 13.8. The molecule has 0 spiro atoms. The van der Waals surface area contributed by atoms with E-state index in [4.69, 9.17) is 9.84 Å². The first-order chi connectivity index (χ1) is 9.06. The SMILES string of the molecule is Cc1cncc(COc2cc(C(=O)O)ccc2I)c1. The first-order valence-electron chi connectivity index (χ1n) is 5.62. The van der Waals surface area contributed by atoms with E-state index in [-0.39, 0.29) is 5.56 Å². The van der Waals surface area contributed by atoms with Crippen LogP contribution < -0.4 is 4.74 Å². The van der Waals surface area contributed by atoms with E-state index in [0.717, 1.165) is 14.7 Å². The normalized spacial score (nSPS) is 10.2. The maximum atomic E-state index is 10.9. The van der Waals surface area contributed by atoms with Crippen molar-refractivity contribution in [2.45, 2.75) is 13.5 Å². The Morgan fingerprint density at radius 2 is 2.16 bits per heavy atom. The van der Waals surface area contributed by atoms with Crippen LogP contribution in [-0.4, -0.2) is 16.1 Å². The molecule has 0 bridgehead atoms. The van der Waals surface area contributed by atoms with Gasteiger partial charge in [-0.25, -0.2) is 4.79 Å². The van der Waals surface area contributed by atoms with Crippen LogP contribution in [0.2, 0.25) is 0 Å². The smallest absolute Gasteiger partial charge is 0.335 e. The zero-order valence-corrected chi connectivity index (χ0v) is 12.4. The average molecular weight is 369 g/mol. The topological polar surface area (TPSA) is 59.4 Å². The Morgan fingerprint density at radius 1 is 1.37 bits per heavy atom. The number of ether oxygens (including phenoxy) is 1. The predicted molar refractivity (Wildman–Crippen MR) is 79.4 cm³/mol. The number of hydrogen-bond acceptors (Lipinski definition) is 3. The number of aromatic carboxylic acids is 1. The van der Waals surface area contributed by atoms with E-state index in [2.05, 4.69) is 27.6 Å². The monoisotopic (exact) mass is 369 g/mol. The Morgan fingerprint density at radius 3 is 2.84 bits per heavy atom. The Bertz CT molecular complexity index is 613. The molecule has 0 amide bonds. The Hall–Kier alpha value is -1.63. The van der Waals surface area contributed by atoms with Crippen LogP contribution in [0.25, 0.3) is 0 Å². The first-order valence-corrected chi connectivity index (χ1v) is 6.70. The minimum atomic E-state index is -0.960. The van der Waals surface area contributed by atoms with Crippen molar-refractivity contribution in [1.82, 2.24) is 4.98 Å². The molecule has 0 aliphatic heterocycles. The van der Waals surface area contributed by atoms with Crippen molar-refractivity contribution in [3.05, 3.63) is 56.9 Å². The Labute approximate surface area is 124 Å². The maximum absolute atomic E-state index is 10.9. The Kier molecular flexibility index (Phi) is 4.36.